The van der Waals surface area contributed by atoms with Gasteiger partial charge in [-0.05, 0) is 30.2 Å². The van der Waals surface area contributed by atoms with Gasteiger partial charge in [-0.25, -0.2) is 0 Å². The lowest BCUT2D eigenvalue weighted by atomic mass is 10.0. The molecule has 4 heteroatoms. The van der Waals surface area contributed by atoms with E-state index in [9.17, 15) is 4.79 Å². The highest BCUT2D eigenvalue weighted by molar-refractivity contribution is 5.95. The standard InChI is InChI=1S/C19H18N2O2/c1-14-12-18(21-23-14)10-11-20-19(22)17-9-5-8-16(13-17)15-6-3-2-4-7-15/h2-9,12-13H,10-11H2,1H3,(H,20,22). The van der Waals surface area contributed by atoms with Gasteiger partial charge in [0, 0.05) is 24.6 Å². The van der Waals surface area contributed by atoms with Gasteiger partial charge in [0.05, 0.1) is 5.69 Å². The van der Waals surface area contributed by atoms with Crippen LogP contribution in [-0.2, 0) is 6.42 Å². The van der Waals surface area contributed by atoms with E-state index in [1.165, 1.54) is 0 Å². The summed E-state index contributed by atoms with van der Waals surface area (Å²) >= 11 is 0. The quantitative estimate of drug-likeness (QED) is 0.783. The fourth-order valence-electron chi connectivity index (χ4n) is 2.41. The number of hydrogen-bond donors (Lipinski definition) is 1. The van der Waals surface area contributed by atoms with Crippen molar-refractivity contribution in [3.8, 4) is 11.1 Å². The van der Waals surface area contributed by atoms with Crippen LogP contribution in [0.2, 0.25) is 0 Å². The number of hydrogen-bond acceptors (Lipinski definition) is 3. The molecule has 0 aliphatic carbocycles. The predicted molar refractivity (Wildman–Crippen MR) is 89.2 cm³/mol. The van der Waals surface area contributed by atoms with Crippen molar-refractivity contribution in [2.24, 2.45) is 0 Å². The van der Waals surface area contributed by atoms with Crippen molar-refractivity contribution in [3.63, 3.8) is 0 Å². The number of carbonyl (C=O) groups is 1. The Morgan fingerprint density at radius 3 is 2.57 bits per heavy atom. The number of benzene rings is 2. The molecular weight excluding hydrogens is 288 g/mol. The average molecular weight is 306 g/mol. The van der Waals surface area contributed by atoms with Crippen molar-refractivity contribution in [1.82, 2.24) is 10.5 Å². The first kappa shape index (κ1) is 15.0. The van der Waals surface area contributed by atoms with Crippen LogP contribution in [0.5, 0.6) is 0 Å². The summed E-state index contributed by atoms with van der Waals surface area (Å²) in [5.41, 5.74) is 3.63. The highest BCUT2D eigenvalue weighted by atomic mass is 16.5. The van der Waals surface area contributed by atoms with E-state index in [-0.39, 0.29) is 5.91 Å². The second kappa shape index (κ2) is 6.92. The molecule has 1 N–H and O–H groups in total. The SMILES string of the molecule is Cc1cc(CCNC(=O)c2cccc(-c3ccccc3)c2)no1. The summed E-state index contributed by atoms with van der Waals surface area (Å²) in [4.78, 5) is 12.3. The van der Waals surface area contributed by atoms with E-state index >= 15 is 0 Å². The third-order valence-corrected chi connectivity index (χ3v) is 3.58. The van der Waals surface area contributed by atoms with Gasteiger partial charge in [0.1, 0.15) is 5.76 Å². The molecule has 4 nitrogen and oxygen atoms in total. The molecule has 0 radical (unpaired) electrons. The summed E-state index contributed by atoms with van der Waals surface area (Å²) in [6.07, 6.45) is 0.654. The van der Waals surface area contributed by atoms with Crippen LogP contribution in [0.15, 0.2) is 65.2 Å². The molecule has 1 heterocycles. The predicted octanol–water partition coefficient (Wildman–Crippen LogP) is 3.62. The lowest BCUT2D eigenvalue weighted by Gasteiger charge is -2.06. The summed E-state index contributed by atoms with van der Waals surface area (Å²) in [5.74, 6) is 0.699. The van der Waals surface area contributed by atoms with Crippen molar-refractivity contribution in [2.45, 2.75) is 13.3 Å². The van der Waals surface area contributed by atoms with E-state index < -0.39 is 0 Å². The normalized spacial score (nSPS) is 10.5. The molecule has 0 saturated carbocycles. The van der Waals surface area contributed by atoms with E-state index in [2.05, 4.69) is 10.5 Å². The van der Waals surface area contributed by atoms with Crippen LogP contribution in [-0.4, -0.2) is 17.6 Å². The average Bonchev–Trinajstić information content (AvgIpc) is 3.01. The second-order valence-electron chi connectivity index (χ2n) is 5.38. The Labute approximate surface area is 135 Å². The summed E-state index contributed by atoms with van der Waals surface area (Å²) < 4.78 is 5.01. The lowest BCUT2D eigenvalue weighted by Crippen LogP contribution is -2.25. The highest BCUT2D eigenvalue weighted by Crippen LogP contribution is 2.19. The smallest absolute Gasteiger partial charge is 0.251 e. The minimum absolute atomic E-state index is 0.0806. The fourth-order valence-corrected chi connectivity index (χ4v) is 2.41. The second-order valence-corrected chi connectivity index (χ2v) is 5.38. The largest absolute Gasteiger partial charge is 0.361 e. The van der Waals surface area contributed by atoms with E-state index in [1.54, 1.807) is 0 Å². The van der Waals surface area contributed by atoms with Crippen molar-refractivity contribution >= 4 is 5.91 Å². The van der Waals surface area contributed by atoms with E-state index in [0.29, 0.717) is 18.5 Å². The lowest BCUT2D eigenvalue weighted by molar-refractivity contribution is 0.0954. The minimum atomic E-state index is -0.0806. The zero-order valence-electron chi connectivity index (χ0n) is 13.0. The van der Waals surface area contributed by atoms with Gasteiger partial charge >= 0.3 is 0 Å². The molecule has 0 aliphatic rings. The van der Waals surface area contributed by atoms with Gasteiger partial charge in [-0.15, -0.1) is 0 Å². The van der Waals surface area contributed by atoms with E-state index in [4.69, 9.17) is 4.52 Å². The number of nitrogens with one attached hydrogen (secondary N) is 1. The molecule has 0 unspecified atom stereocenters. The Morgan fingerprint density at radius 2 is 1.83 bits per heavy atom. The molecular formula is C19H18N2O2. The molecule has 1 aromatic heterocycles. The van der Waals surface area contributed by atoms with Crippen LogP contribution in [0, 0.1) is 6.92 Å². The molecule has 23 heavy (non-hydrogen) atoms. The molecule has 3 aromatic rings. The Hall–Kier alpha value is -2.88. The number of amides is 1. The number of rotatable bonds is 5. The molecule has 2 aromatic carbocycles. The molecule has 0 saturated heterocycles. The Balaban J connectivity index is 1.63. The van der Waals surface area contributed by atoms with Gasteiger partial charge in [0.2, 0.25) is 0 Å². The minimum Gasteiger partial charge on any atom is -0.361 e. The van der Waals surface area contributed by atoms with Crippen LogP contribution >= 0.6 is 0 Å². The third-order valence-electron chi connectivity index (χ3n) is 3.58. The molecule has 0 aliphatic heterocycles. The van der Waals surface area contributed by atoms with Gasteiger partial charge in [-0.3, -0.25) is 4.79 Å². The van der Waals surface area contributed by atoms with Gasteiger partial charge < -0.3 is 9.84 Å². The Kier molecular flexibility index (Phi) is 4.52. The maximum Gasteiger partial charge on any atom is 0.251 e. The maximum atomic E-state index is 12.3. The van der Waals surface area contributed by atoms with Crippen LogP contribution in [0.1, 0.15) is 21.8 Å². The summed E-state index contributed by atoms with van der Waals surface area (Å²) in [5, 5.41) is 6.83. The number of aryl methyl sites for hydroxylation is 1. The van der Waals surface area contributed by atoms with Crippen molar-refractivity contribution in [1.29, 1.82) is 0 Å². The number of nitrogens with zero attached hydrogens (tertiary/aromatic N) is 1. The molecule has 1 amide bonds. The summed E-state index contributed by atoms with van der Waals surface area (Å²) in [6, 6.07) is 19.5. The van der Waals surface area contributed by atoms with Crippen molar-refractivity contribution in [2.75, 3.05) is 6.54 Å². The van der Waals surface area contributed by atoms with Gasteiger partial charge in [0.25, 0.3) is 5.91 Å². The summed E-state index contributed by atoms with van der Waals surface area (Å²) in [6.45, 7) is 2.38. The van der Waals surface area contributed by atoms with Gasteiger partial charge in [-0.1, -0.05) is 47.6 Å². The van der Waals surface area contributed by atoms with Crippen LogP contribution in [0.25, 0.3) is 11.1 Å². The molecule has 0 atom stereocenters. The Bertz CT molecular complexity index is 794. The van der Waals surface area contributed by atoms with Crippen LogP contribution in [0.3, 0.4) is 0 Å². The third kappa shape index (κ3) is 3.86. The first-order chi connectivity index (χ1) is 11.2. The van der Waals surface area contributed by atoms with Gasteiger partial charge in [-0.2, -0.15) is 0 Å². The summed E-state index contributed by atoms with van der Waals surface area (Å²) in [7, 11) is 0. The molecule has 0 spiro atoms. The fraction of sp³-hybridized carbons (Fsp3) is 0.158. The zero-order chi connectivity index (χ0) is 16.1. The Morgan fingerprint density at radius 1 is 1.04 bits per heavy atom. The zero-order valence-corrected chi connectivity index (χ0v) is 13.0. The highest BCUT2D eigenvalue weighted by Gasteiger charge is 2.07. The molecule has 3 rings (SSSR count). The van der Waals surface area contributed by atoms with Crippen LogP contribution in [0.4, 0.5) is 0 Å². The number of carbonyl (C=O) groups excluding carboxylic acids is 1. The van der Waals surface area contributed by atoms with Crippen molar-refractivity contribution in [3.05, 3.63) is 77.7 Å². The topological polar surface area (TPSA) is 55.1 Å². The van der Waals surface area contributed by atoms with Crippen LogP contribution < -0.4 is 5.32 Å². The monoisotopic (exact) mass is 306 g/mol. The van der Waals surface area contributed by atoms with Gasteiger partial charge in [0.15, 0.2) is 0 Å². The molecule has 0 fully saturated rings. The van der Waals surface area contributed by atoms with Crippen molar-refractivity contribution < 1.29 is 9.32 Å². The molecule has 116 valence electrons. The first-order valence-corrected chi connectivity index (χ1v) is 7.58. The molecule has 0 bridgehead atoms. The van der Waals surface area contributed by atoms with E-state index in [0.717, 1.165) is 22.6 Å². The number of aromatic nitrogens is 1. The van der Waals surface area contributed by atoms with E-state index in [1.807, 2.05) is 67.6 Å². The maximum absolute atomic E-state index is 12.3. The first-order valence-electron chi connectivity index (χ1n) is 7.58.